The molecule has 0 bridgehead atoms. The number of nitrogens with two attached hydrogens (primary N) is 1. The van der Waals surface area contributed by atoms with Gasteiger partial charge in [-0.1, -0.05) is 68.8 Å². The molecule has 0 unspecified atom stereocenters. The summed E-state index contributed by atoms with van der Waals surface area (Å²) in [5.74, 6) is -5.61. The van der Waals surface area contributed by atoms with E-state index in [0.29, 0.717) is 44.9 Å². The number of methoxy groups -OCH3 is 1. The highest BCUT2D eigenvalue weighted by molar-refractivity contribution is 8.00. The molecule has 3 aliphatic heterocycles. The normalized spacial score (nSPS) is 22.7. The van der Waals surface area contributed by atoms with Gasteiger partial charge in [0.1, 0.15) is 47.8 Å². The number of primary amides is 1. The predicted molar refractivity (Wildman–Crippen MR) is 294 cm³/mol. The summed E-state index contributed by atoms with van der Waals surface area (Å²) in [6, 6.07) is 11.2. The summed E-state index contributed by atoms with van der Waals surface area (Å²) < 4.78 is 7.36. The first kappa shape index (κ1) is 57.4. The fourth-order valence-corrected chi connectivity index (χ4v) is 11.2. The van der Waals surface area contributed by atoms with Crippen LogP contribution >= 0.6 is 34.7 Å². The minimum Gasteiger partial charge on any atom is -0.497 e. The van der Waals surface area contributed by atoms with Gasteiger partial charge in [0.15, 0.2) is 5.82 Å². The minimum absolute atomic E-state index is 0.185. The number of carbonyl (C=O) groups is 8. The standard InChI is InChI=1S/C53H60ClN13O10S2/c1-26-45(79-25-58-26)30-9-7-29(8-10-30)44-51(75)57-21-41(70)59-36(49(73)61-37(47(55)72)23-78-24-42(71)62-46(53(3,4)5)52(76)66-22-32(68)17-39(66)50(74)63-44)20-56-40(69)19-35-48-65-64-27(2)67(48)38-16-15-33(77-6)18-34(38)43(60-35)28-11-13-31(54)14-12-28/h7-16,18,25,32,35-37,39,44,46,68H,17,19-24H2,1-6H3,(H2,55,72)(H,56,69)(H,57,75)(H,59,70)(H,61,73)(H,62,71)(H,63,74)/t32-,35+,36-,37-,39+,44-,46-/m1/s1. The van der Waals surface area contributed by atoms with Gasteiger partial charge in [0, 0.05) is 41.4 Å². The molecule has 9 N–H and O–H groups in total. The second-order valence-corrected chi connectivity index (χ2v) is 22.6. The molecule has 2 saturated heterocycles. The van der Waals surface area contributed by atoms with Crippen molar-refractivity contribution < 1.29 is 48.2 Å². The van der Waals surface area contributed by atoms with Crippen LogP contribution in [0.2, 0.25) is 5.02 Å². The number of benzene rings is 3. The first-order chi connectivity index (χ1) is 37.6. The van der Waals surface area contributed by atoms with E-state index in [1.165, 1.54) is 23.3 Å². The van der Waals surface area contributed by atoms with Crippen molar-refractivity contribution >= 4 is 87.7 Å². The molecule has 8 amide bonds. The number of aryl methyl sites for hydroxylation is 2. The van der Waals surface area contributed by atoms with Gasteiger partial charge in [-0.25, -0.2) is 4.98 Å². The van der Waals surface area contributed by atoms with Crippen molar-refractivity contribution in [2.75, 3.05) is 38.2 Å². The van der Waals surface area contributed by atoms with E-state index in [4.69, 9.17) is 27.1 Å². The minimum atomic E-state index is -1.60. The Bertz CT molecular complexity index is 3200. The van der Waals surface area contributed by atoms with E-state index in [0.717, 1.165) is 27.9 Å². The van der Waals surface area contributed by atoms with Crippen molar-refractivity contribution in [3.8, 4) is 21.9 Å². The van der Waals surface area contributed by atoms with Crippen LogP contribution in [0.4, 0.5) is 0 Å². The molecule has 0 spiro atoms. The molecule has 23 nitrogen and oxygen atoms in total. The molecule has 0 aliphatic carbocycles. The van der Waals surface area contributed by atoms with Gasteiger partial charge in [-0.05, 0) is 60.7 Å². The molecule has 2 aromatic heterocycles. The number of hydrogen-bond acceptors (Lipinski definition) is 16. The average Bonchev–Trinajstić information content (AvgIpc) is 4.24. The lowest BCUT2D eigenvalue weighted by atomic mass is 9.85. The maximum absolute atomic E-state index is 14.4. The smallest absolute Gasteiger partial charge is 0.247 e. The number of amides is 8. The van der Waals surface area contributed by atoms with Gasteiger partial charge in [-0.15, -0.1) is 33.3 Å². The third kappa shape index (κ3) is 13.4. The molecular weight excluding hydrogens is 1080 g/mol. The van der Waals surface area contributed by atoms with Gasteiger partial charge >= 0.3 is 0 Å². The second kappa shape index (κ2) is 24.5. The van der Waals surface area contributed by atoms with Gasteiger partial charge in [0.05, 0.1) is 59.4 Å². The summed E-state index contributed by atoms with van der Waals surface area (Å²) in [5.41, 5.74) is 10.9. The topological polar surface area (TPSA) is 323 Å². The first-order valence-corrected chi connectivity index (χ1v) is 27.6. The monoisotopic (exact) mass is 1140 g/mol. The molecule has 26 heteroatoms. The predicted octanol–water partition coefficient (Wildman–Crippen LogP) is 1.74. The third-order valence-corrected chi connectivity index (χ3v) is 15.7. The number of thiazole rings is 1. The number of carbonyl (C=O) groups excluding carboxylic acids is 8. The van der Waals surface area contributed by atoms with Crippen molar-refractivity contribution in [2.45, 2.75) is 89.8 Å². The van der Waals surface area contributed by atoms with Crippen LogP contribution < -0.4 is 42.4 Å². The Labute approximate surface area is 467 Å². The van der Waals surface area contributed by atoms with Crippen LogP contribution in [-0.4, -0.2) is 151 Å². The van der Waals surface area contributed by atoms with Crippen LogP contribution in [-0.2, 0) is 38.4 Å². The number of thioether (sulfide) groups is 1. The fourth-order valence-electron chi connectivity index (χ4n) is 9.37. The Kier molecular flexibility index (Phi) is 17.8. The van der Waals surface area contributed by atoms with E-state index in [2.05, 4.69) is 47.1 Å². The fraction of sp³-hybridized carbons (Fsp3) is 0.396. The molecule has 3 aromatic carbocycles. The zero-order chi connectivity index (χ0) is 56.9. The molecule has 8 rings (SSSR count). The number of rotatable bonds is 9. The van der Waals surface area contributed by atoms with E-state index in [-0.39, 0.29) is 36.5 Å². The molecule has 0 radical (unpaired) electrons. The highest BCUT2D eigenvalue weighted by Crippen LogP contribution is 2.35. The maximum Gasteiger partial charge on any atom is 0.247 e. The van der Waals surface area contributed by atoms with E-state index in [1.807, 2.05) is 19.1 Å². The zero-order valence-corrected chi connectivity index (χ0v) is 46.4. The number of hydrogen-bond donors (Lipinski definition) is 8. The van der Waals surface area contributed by atoms with Crippen LogP contribution in [0.5, 0.6) is 5.75 Å². The lowest BCUT2D eigenvalue weighted by molar-refractivity contribution is -0.144. The van der Waals surface area contributed by atoms with Crippen molar-refractivity contribution in [1.82, 2.24) is 56.5 Å². The zero-order valence-electron chi connectivity index (χ0n) is 44.0. The summed E-state index contributed by atoms with van der Waals surface area (Å²) in [5, 5.41) is 35.9. The number of aliphatic hydroxyl groups is 1. The quantitative estimate of drug-likeness (QED) is 0.104. The van der Waals surface area contributed by atoms with Crippen LogP contribution in [0.1, 0.15) is 79.7 Å². The lowest BCUT2D eigenvalue weighted by Crippen LogP contribution is -2.58. The van der Waals surface area contributed by atoms with Gasteiger partial charge in [0.25, 0.3) is 0 Å². The van der Waals surface area contributed by atoms with Crippen LogP contribution in [0.3, 0.4) is 0 Å². The number of nitrogens with zero attached hydrogens (tertiary/aromatic N) is 6. The summed E-state index contributed by atoms with van der Waals surface area (Å²) >= 11 is 8.61. The highest BCUT2D eigenvalue weighted by atomic mass is 35.5. The van der Waals surface area contributed by atoms with Crippen LogP contribution in [0.15, 0.2) is 77.2 Å². The number of ether oxygens (including phenoxy) is 1. The molecule has 7 atom stereocenters. The van der Waals surface area contributed by atoms with Gasteiger partial charge in [-0.3, -0.25) is 47.9 Å². The highest BCUT2D eigenvalue weighted by Gasteiger charge is 2.45. The Morgan fingerprint density at radius 3 is 2.29 bits per heavy atom. The Morgan fingerprint density at radius 1 is 0.899 bits per heavy atom. The molecule has 5 aromatic rings. The molecule has 79 heavy (non-hydrogen) atoms. The molecule has 416 valence electrons. The molecule has 3 aliphatic rings. The number of nitrogens with one attached hydrogen (secondary N) is 6. The second-order valence-electron chi connectivity index (χ2n) is 20.2. The first-order valence-electron chi connectivity index (χ1n) is 25.1. The lowest BCUT2D eigenvalue weighted by Gasteiger charge is -2.35. The van der Waals surface area contributed by atoms with Crippen molar-refractivity contribution in [3.05, 3.63) is 111 Å². The Balaban J connectivity index is 1.08. The van der Waals surface area contributed by atoms with E-state index in [1.54, 1.807) is 92.4 Å². The van der Waals surface area contributed by atoms with Crippen LogP contribution in [0.25, 0.3) is 16.1 Å². The number of aromatic nitrogens is 4. The molecule has 2 fully saturated rings. The largest absolute Gasteiger partial charge is 0.497 e. The van der Waals surface area contributed by atoms with Gasteiger partial charge in [-0.2, -0.15) is 0 Å². The Hall–Kier alpha value is -7.74. The Morgan fingerprint density at radius 2 is 1.62 bits per heavy atom. The number of aliphatic imine (C=N–C) groups is 1. The summed E-state index contributed by atoms with van der Waals surface area (Å²) in [6.07, 6.45) is -1.64. The van der Waals surface area contributed by atoms with Crippen molar-refractivity contribution in [3.63, 3.8) is 0 Å². The average molecular weight is 1140 g/mol. The van der Waals surface area contributed by atoms with E-state index >= 15 is 0 Å². The number of halogens is 1. The van der Waals surface area contributed by atoms with Crippen molar-refractivity contribution in [1.29, 1.82) is 0 Å². The van der Waals surface area contributed by atoms with Gasteiger partial charge in [0.2, 0.25) is 47.3 Å². The molecule has 5 heterocycles. The summed E-state index contributed by atoms with van der Waals surface area (Å²) in [4.78, 5) is 123. The molecule has 0 saturated carbocycles. The number of fused-ring (bicyclic) bond motifs is 4. The molecular formula is C53H60ClN13O10S2. The SMILES string of the molecule is COc1ccc2c(c1)C(c1ccc(Cl)cc1)=N[C@@H](CC(=O)NC[C@H]1NC(=O)CNC(=O)[C@@H](c3ccc(-c4scnc4C)cc3)NC(=O)[C@@H]3C[C@@H](O)CN3C(=O)[C@H](C(C)(C)C)NC(=O)CSC[C@H](C(N)=O)NC1=O)c1nnc(C)n1-2. The van der Waals surface area contributed by atoms with Crippen molar-refractivity contribution in [2.24, 2.45) is 16.1 Å². The maximum atomic E-state index is 14.4. The summed E-state index contributed by atoms with van der Waals surface area (Å²) in [6.45, 7) is 7.19. The van der Waals surface area contributed by atoms with E-state index < -0.39 is 108 Å². The third-order valence-electron chi connectivity index (χ3n) is 13.5. The van der Waals surface area contributed by atoms with E-state index in [9.17, 15) is 43.5 Å². The number of aliphatic hydroxyl groups excluding tert-OH is 1. The van der Waals surface area contributed by atoms with Crippen LogP contribution in [0, 0.1) is 19.3 Å². The summed E-state index contributed by atoms with van der Waals surface area (Å²) in [7, 11) is 1.54. The van der Waals surface area contributed by atoms with Gasteiger partial charge < -0.3 is 52.4 Å².